The lowest BCUT2D eigenvalue weighted by atomic mass is 9.91. The van der Waals surface area contributed by atoms with Crippen LogP contribution < -0.4 is 5.06 Å². The summed E-state index contributed by atoms with van der Waals surface area (Å²) in [6.07, 6.45) is 1.66. The van der Waals surface area contributed by atoms with E-state index in [1.807, 2.05) is 36.4 Å². The summed E-state index contributed by atoms with van der Waals surface area (Å²) in [4.78, 5) is 22.7. The zero-order valence-corrected chi connectivity index (χ0v) is 21.0. The summed E-state index contributed by atoms with van der Waals surface area (Å²) in [5, 5.41) is 11.7. The molecular formula is C26H23Cl2F3N4O2. The highest BCUT2D eigenvalue weighted by Gasteiger charge is 2.35. The lowest BCUT2D eigenvalue weighted by molar-refractivity contribution is -0.141. The van der Waals surface area contributed by atoms with Gasteiger partial charge < -0.3 is 0 Å². The maximum Gasteiger partial charge on any atom is 0.433 e. The van der Waals surface area contributed by atoms with E-state index in [0.717, 1.165) is 17.7 Å². The molecule has 1 saturated heterocycles. The van der Waals surface area contributed by atoms with E-state index in [0.29, 0.717) is 42.6 Å². The molecule has 37 heavy (non-hydrogen) atoms. The zero-order valence-electron chi connectivity index (χ0n) is 19.5. The predicted octanol–water partition coefficient (Wildman–Crippen LogP) is 6.73. The van der Waals surface area contributed by atoms with E-state index in [4.69, 9.17) is 23.2 Å². The first kappa shape index (κ1) is 27.1. The van der Waals surface area contributed by atoms with Crippen molar-refractivity contribution in [1.82, 2.24) is 14.9 Å². The van der Waals surface area contributed by atoms with Crippen LogP contribution in [-0.2, 0) is 6.18 Å². The van der Waals surface area contributed by atoms with Crippen LogP contribution in [0.2, 0.25) is 10.2 Å². The number of hydroxylamine groups is 1. The van der Waals surface area contributed by atoms with E-state index in [2.05, 4.69) is 14.9 Å². The van der Waals surface area contributed by atoms with Crippen LogP contribution in [0.25, 0.3) is 6.08 Å². The lowest BCUT2D eigenvalue weighted by Crippen LogP contribution is -2.35. The number of hydrogen-bond donors (Lipinski definition) is 1. The van der Waals surface area contributed by atoms with E-state index >= 15 is 0 Å². The highest BCUT2D eigenvalue weighted by atomic mass is 35.5. The molecule has 194 valence electrons. The third-order valence-electron chi connectivity index (χ3n) is 6.11. The summed E-state index contributed by atoms with van der Waals surface area (Å²) in [6, 6.07) is 11.9. The Morgan fingerprint density at radius 1 is 1.11 bits per heavy atom. The van der Waals surface area contributed by atoms with Gasteiger partial charge in [-0.2, -0.15) is 18.2 Å². The van der Waals surface area contributed by atoms with E-state index in [-0.39, 0.29) is 28.0 Å². The van der Waals surface area contributed by atoms with Crippen molar-refractivity contribution in [2.45, 2.75) is 24.9 Å². The fraction of sp³-hybridized carbons (Fsp3) is 0.269. The number of benzene rings is 1. The molecule has 3 heterocycles. The van der Waals surface area contributed by atoms with Gasteiger partial charge in [0.1, 0.15) is 10.8 Å². The quantitative estimate of drug-likeness (QED) is 0.209. The molecule has 4 rings (SSSR count). The van der Waals surface area contributed by atoms with E-state index in [1.54, 1.807) is 0 Å². The van der Waals surface area contributed by atoms with Crippen LogP contribution >= 0.6 is 23.2 Å². The molecule has 0 radical (unpaired) electrons. The Bertz CT molecular complexity index is 1280. The molecule has 0 spiro atoms. The van der Waals surface area contributed by atoms with Crippen LogP contribution in [0.4, 0.5) is 18.9 Å². The van der Waals surface area contributed by atoms with Gasteiger partial charge >= 0.3 is 6.18 Å². The molecule has 11 heteroatoms. The summed E-state index contributed by atoms with van der Waals surface area (Å²) < 4.78 is 40.3. The first-order valence-corrected chi connectivity index (χ1v) is 12.2. The number of amides is 1. The monoisotopic (exact) mass is 550 g/mol. The van der Waals surface area contributed by atoms with E-state index in [9.17, 15) is 23.2 Å². The first-order valence-electron chi connectivity index (χ1n) is 11.5. The fourth-order valence-electron chi connectivity index (χ4n) is 4.17. The standard InChI is InChI=1S/C26H23Cl2F3N4O2/c27-20-5-3-17(4-6-20)2-1-13-34-14-10-18(11-15-34)24-21(7-8-22(33-24)26(29,30)31)35(37)25(36)19-9-12-32-23(28)16-19/h1-9,12,16,18,37H,10-11,13-15H2. The van der Waals surface area contributed by atoms with E-state index in [1.165, 1.54) is 18.3 Å². The molecule has 1 aliphatic heterocycles. The Kier molecular flexibility index (Phi) is 8.49. The second kappa shape index (κ2) is 11.6. The third kappa shape index (κ3) is 6.87. The largest absolute Gasteiger partial charge is 0.433 e. The molecule has 1 amide bonds. The molecule has 0 saturated carbocycles. The highest BCUT2D eigenvalue weighted by molar-refractivity contribution is 6.30. The summed E-state index contributed by atoms with van der Waals surface area (Å²) in [5.74, 6) is -1.23. The van der Waals surface area contributed by atoms with Crippen LogP contribution in [0.5, 0.6) is 0 Å². The number of aromatic nitrogens is 2. The molecule has 6 nitrogen and oxygen atoms in total. The number of likely N-dealkylation sites (tertiary alicyclic amines) is 1. The van der Waals surface area contributed by atoms with Crippen molar-refractivity contribution in [1.29, 1.82) is 0 Å². The Morgan fingerprint density at radius 2 is 1.81 bits per heavy atom. The number of alkyl halides is 3. The average Bonchev–Trinajstić information content (AvgIpc) is 2.88. The zero-order chi connectivity index (χ0) is 26.6. The molecule has 0 unspecified atom stereocenters. The minimum Gasteiger partial charge on any atom is -0.300 e. The number of piperidine rings is 1. The second-order valence-corrected chi connectivity index (χ2v) is 9.44. The van der Waals surface area contributed by atoms with E-state index < -0.39 is 17.8 Å². The molecule has 1 fully saturated rings. The van der Waals surface area contributed by atoms with Crippen molar-refractivity contribution >= 4 is 40.9 Å². The number of rotatable bonds is 6. The number of pyridine rings is 2. The predicted molar refractivity (Wildman–Crippen MR) is 136 cm³/mol. The molecule has 2 aromatic heterocycles. The topological polar surface area (TPSA) is 69.6 Å². The average molecular weight is 551 g/mol. The minimum absolute atomic E-state index is 0.0298. The second-order valence-electron chi connectivity index (χ2n) is 8.61. The summed E-state index contributed by atoms with van der Waals surface area (Å²) in [6.45, 7) is 1.91. The van der Waals surface area contributed by atoms with Crippen LogP contribution in [0.15, 0.2) is 60.8 Å². The fourth-order valence-corrected chi connectivity index (χ4v) is 4.47. The summed E-state index contributed by atoms with van der Waals surface area (Å²) >= 11 is 11.7. The van der Waals surface area contributed by atoms with Crippen LogP contribution in [0, 0.1) is 0 Å². The number of carbonyl (C=O) groups is 1. The summed E-state index contributed by atoms with van der Waals surface area (Å²) in [7, 11) is 0. The Morgan fingerprint density at radius 3 is 2.46 bits per heavy atom. The van der Waals surface area contributed by atoms with Gasteiger partial charge in [-0.3, -0.25) is 14.9 Å². The van der Waals surface area contributed by atoms with Gasteiger partial charge in [-0.15, -0.1) is 0 Å². The number of anilines is 1. The molecule has 1 aliphatic rings. The number of halogens is 5. The maximum atomic E-state index is 13.4. The van der Waals surface area contributed by atoms with Crippen molar-refractivity contribution in [3.63, 3.8) is 0 Å². The molecule has 0 aliphatic carbocycles. The maximum absolute atomic E-state index is 13.4. The normalized spacial score (nSPS) is 15.3. The van der Waals surface area contributed by atoms with Gasteiger partial charge in [0.2, 0.25) is 0 Å². The molecule has 1 N–H and O–H groups in total. The summed E-state index contributed by atoms with van der Waals surface area (Å²) in [5.41, 5.74) is -0.0856. The van der Waals surface area contributed by atoms with Crippen molar-refractivity contribution < 1.29 is 23.2 Å². The van der Waals surface area contributed by atoms with Gasteiger partial charge in [-0.05, 0) is 67.9 Å². The molecule has 1 aromatic carbocycles. The van der Waals surface area contributed by atoms with Gasteiger partial charge in [0.25, 0.3) is 5.91 Å². The molecule has 0 atom stereocenters. The van der Waals surface area contributed by atoms with Crippen LogP contribution in [-0.4, -0.2) is 45.6 Å². The van der Waals surface area contributed by atoms with Gasteiger partial charge in [0.05, 0.1) is 11.4 Å². The van der Waals surface area contributed by atoms with Crippen molar-refractivity contribution in [3.05, 3.63) is 93.5 Å². The van der Waals surface area contributed by atoms with Gasteiger partial charge in [0.15, 0.2) is 0 Å². The Balaban J connectivity index is 1.50. The van der Waals surface area contributed by atoms with Crippen molar-refractivity contribution in [3.8, 4) is 0 Å². The number of carbonyl (C=O) groups excluding carboxylic acids is 1. The molecule has 3 aromatic rings. The minimum atomic E-state index is -4.66. The van der Waals surface area contributed by atoms with Gasteiger partial charge in [-0.1, -0.05) is 47.5 Å². The smallest absolute Gasteiger partial charge is 0.300 e. The van der Waals surface area contributed by atoms with Crippen molar-refractivity contribution in [2.75, 3.05) is 24.7 Å². The van der Waals surface area contributed by atoms with Crippen LogP contribution in [0.3, 0.4) is 0 Å². The van der Waals surface area contributed by atoms with Gasteiger partial charge in [-0.25, -0.2) is 9.97 Å². The Labute approximate surface area is 221 Å². The lowest BCUT2D eigenvalue weighted by Gasteiger charge is -2.32. The van der Waals surface area contributed by atoms with Crippen molar-refractivity contribution in [2.24, 2.45) is 0 Å². The molecule has 0 bridgehead atoms. The third-order valence-corrected chi connectivity index (χ3v) is 6.56. The van der Waals surface area contributed by atoms with Crippen LogP contribution in [0.1, 0.15) is 46.1 Å². The Hall–Kier alpha value is -2.98. The number of nitrogens with zero attached hydrogens (tertiary/aromatic N) is 4. The van der Waals surface area contributed by atoms with Gasteiger partial charge in [0, 0.05) is 29.2 Å². The molecular weight excluding hydrogens is 528 g/mol. The first-order chi connectivity index (χ1) is 17.6. The number of hydrogen-bond acceptors (Lipinski definition) is 5. The SMILES string of the molecule is O=C(c1ccnc(Cl)c1)N(O)c1ccc(C(F)(F)F)nc1C1CCN(CC=Cc2ccc(Cl)cc2)CC1. The highest BCUT2D eigenvalue weighted by Crippen LogP contribution is 2.37.